The number of nitrogens with zero attached hydrogens (tertiary/aromatic N) is 2. The molecule has 1 aromatic rings. The Morgan fingerprint density at radius 2 is 2.42 bits per heavy atom. The minimum atomic E-state index is 0.528. The minimum absolute atomic E-state index is 0.528. The van der Waals surface area contributed by atoms with E-state index in [2.05, 4.69) is 9.97 Å². The molecule has 0 saturated carbocycles. The average molecular weight is 167 g/mol. The summed E-state index contributed by atoms with van der Waals surface area (Å²) in [6.45, 7) is 1.11. The van der Waals surface area contributed by atoms with Gasteiger partial charge in [-0.2, -0.15) is 0 Å². The predicted octanol–water partition coefficient (Wildman–Crippen LogP) is 0.124. The number of methoxy groups -OCH3 is 1. The summed E-state index contributed by atoms with van der Waals surface area (Å²) in [5.41, 5.74) is 6.27. The van der Waals surface area contributed by atoms with E-state index < -0.39 is 0 Å². The Morgan fingerprint density at radius 3 is 3.08 bits per heavy atom. The van der Waals surface area contributed by atoms with E-state index in [1.807, 2.05) is 6.07 Å². The highest BCUT2D eigenvalue weighted by Crippen LogP contribution is 1.97. The molecule has 0 bridgehead atoms. The predicted molar refractivity (Wildman–Crippen MR) is 45.5 cm³/mol. The summed E-state index contributed by atoms with van der Waals surface area (Å²) in [6, 6.07) is 1.84. The highest BCUT2D eigenvalue weighted by atomic mass is 16.5. The zero-order valence-corrected chi connectivity index (χ0v) is 7.16. The molecule has 0 aliphatic rings. The first-order valence-corrected chi connectivity index (χ1v) is 3.86. The maximum atomic E-state index is 5.37. The van der Waals surface area contributed by atoms with Crippen molar-refractivity contribution in [2.24, 2.45) is 5.73 Å². The van der Waals surface area contributed by atoms with Gasteiger partial charge >= 0.3 is 0 Å². The van der Waals surface area contributed by atoms with E-state index in [1.165, 1.54) is 0 Å². The van der Waals surface area contributed by atoms with Gasteiger partial charge in [-0.15, -0.1) is 0 Å². The largest absolute Gasteiger partial charge is 0.378 e. The monoisotopic (exact) mass is 167 g/mol. The van der Waals surface area contributed by atoms with Crippen LogP contribution in [0.15, 0.2) is 12.3 Å². The molecule has 0 atom stereocenters. The SMILES string of the molecule is COCc1ccnc(CCN)n1. The van der Waals surface area contributed by atoms with E-state index in [1.54, 1.807) is 13.3 Å². The van der Waals surface area contributed by atoms with Gasteiger partial charge < -0.3 is 10.5 Å². The number of aromatic nitrogens is 2. The van der Waals surface area contributed by atoms with Crippen LogP contribution in [-0.4, -0.2) is 23.6 Å². The lowest BCUT2D eigenvalue weighted by Gasteiger charge is -2.00. The maximum Gasteiger partial charge on any atom is 0.129 e. The van der Waals surface area contributed by atoms with E-state index in [0.29, 0.717) is 13.2 Å². The molecule has 0 radical (unpaired) electrons. The van der Waals surface area contributed by atoms with Gasteiger partial charge in [-0.1, -0.05) is 0 Å². The standard InChI is InChI=1S/C8H13N3O/c1-12-6-7-3-5-10-8(11-7)2-4-9/h3,5H,2,4,6,9H2,1H3. The molecule has 66 valence electrons. The van der Waals surface area contributed by atoms with Crippen LogP contribution in [0, 0.1) is 0 Å². The summed E-state index contributed by atoms with van der Waals surface area (Å²) in [4.78, 5) is 8.30. The Labute approximate surface area is 71.8 Å². The molecule has 4 heteroatoms. The molecule has 2 N–H and O–H groups in total. The van der Waals surface area contributed by atoms with Gasteiger partial charge in [-0.3, -0.25) is 0 Å². The smallest absolute Gasteiger partial charge is 0.129 e. The normalized spacial score (nSPS) is 10.2. The zero-order valence-electron chi connectivity index (χ0n) is 7.16. The first kappa shape index (κ1) is 9.09. The first-order chi connectivity index (χ1) is 5.86. The van der Waals surface area contributed by atoms with Crippen LogP contribution >= 0.6 is 0 Å². The van der Waals surface area contributed by atoms with Crippen LogP contribution in [0.4, 0.5) is 0 Å². The van der Waals surface area contributed by atoms with Gasteiger partial charge in [0.1, 0.15) is 5.82 Å². The van der Waals surface area contributed by atoms with E-state index in [4.69, 9.17) is 10.5 Å². The van der Waals surface area contributed by atoms with E-state index in [0.717, 1.165) is 17.9 Å². The fraction of sp³-hybridized carbons (Fsp3) is 0.500. The van der Waals surface area contributed by atoms with Crippen molar-refractivity contribution in [3.63, 3.8) is 0 Å². The van der Waals surface area contributed by atoms with Gasteiger partial charge in [-0.05, 0) is 12.6 Å². The molecule has 0 spiro atoms. The van der Waals surface area contributed by atoms with Gasteiger partial charge in [0.15, 0.2) is 0 Å². The number of nitrogens with two attached hydrogens (primary N) is 1. The molecule has 1 aromatic heterocycles. The first-order valence-electron chi connectivity index (χ1n) is 3.86. The summed E-state index contributed by atoms with van der Waals surface area (Å²) >= 11 is 0. The van der Waals surface area contributed by atoms with Crippen LogP contribution < -0.4 is 5.73 Å². The minimum Gasteiger partial charge on any atom is -0.378 e. The molecular weight excluding hydrogens is 154 g/mol. The fourth-order valence-corrected chi connectivity index (χ4v) is 0.919. The Morgan fingerprint density at radius 1 is 1.58 bits per heavy atom. The highest BCUT2D eigenvalue weighted by molar-refractivity contribution is 5.01. The van der Waals surface area contributed by atoms with Crippen LogP contribution in [0.3, 0.4) is 0 Å². The highest BCUT2D eigenvalue weighted by Gasteiger charge is 1.96. The van der Waals surface area contributed by atoms with Crippen LogP contribution in [0.2, 0.25) is 0 Å². The molecule has 0 fully saturated rings. The van der Waals surface area contributed by atoms with Crippen molar-refractivity contribution in [1.82, 2.24) is 9.97 Å². The molecule has 0 aromatic carbocycles. The second-order valence-electron chi connectivity index (χ2n) is 2.44. The van der Waals surface area contributed by atoms with Gasteiger partial charge in [0.2, 0.25) is 0 Å². The Bertz CT molecular complexity index is 218. The fourth-order valence-electron chi connectivity index (χ4n) is 0.919. The summed E-state index contributed by atoms with van der Waals surface area (Å²) < 4.78 is 4.94. The summed E-state index contributed by atoms with van der Waals surface area (Å²) in [6.07, 6.45) is 2.45. The number of hydrogen-bond donors (Lipinski definition) is 1. The number of rotatable bonds is 4. The molecule has 0 aliphatic heterocycles. The number of ether oxygens (including phenoxy) is 1. The molecule has 1 rings (SSSR count). The molecule has 0 aliphatic carbocycles. The van der Waals surface area contributed by atoms with Crippen LogP contribution in [-0.2, 0) is 17.8 Å². The van der Waals surface area contributed by atoms with Crippen molar-refractivity contribution in [3.8, 4) is 0 Å². The van der Waals surface area contributed by atoms with E-state index >= 15 is 0 Å². The van der Waals surface area contributed by atoms with E-state index in [9.17, 15) is 0 Å². The summed E-state index contributed by atoms with van der Waals surface area (Å²) in [7, 11) is 1.64. The Hall–Kier alpha value is -1.00. The molecule has 0 amide bonds. The van der Waals surface area contributed by atoms with Crippen LogP contribution in [0.5, 0.6) is 0 Å². The molecule has 0 unspecified atom stereocenters. The van der Waals surface area contributed by atoms with Crippen molar-refractivity contribution in [3.05, 3.63) is 23.8 Å². The second-order valence-corrected chi connectivity index (χ2v) is 2.44. The zero-order chi connectivity index (χ0) is 8.81. The number of hydrogen-bond acceptors (Lipinski definition) is 4. The van der Waals surface area contributed by atoms with Gasteiger partial charge in [-0.25, -0.2) is 9.97 Å². The van der Waals surface area contributed by atoms with Crippen molar-refractivity contribution >= 4 is 0 Å². The second kappa shape index (κ2) is 4.79. The lowest BCUT2D eigenvalue weighted by Crippen LogP contribution is -2.07. The molecule has 1 heterocycles. The van der Waals surface area contributed by atoms with Gasteiger partial charge in [0.05, 0.1) is 12.3 Å². The average Bonchev–Trinajstić information content (AvgIpc) is 2.06. The third-order valence-electron chi connectivity index (χ3n) is 1.42. The maximum absolute atomic E-state index is 5.37. The Balaban J connectivity index is 2.67. The molecular formula is C8H13N3O. The quantitative estimate of drug-likeness (QED) is 0.692. The third-order valence-corrected chi connectivity index (χ3v) is 1.42. The van der Waals surface area contributed by atoms with Crippen molar-refractivity contribution < 1.29 is 4.74 Å². The van der Waals surface area contributed by atoms with Crippen molar-refractivity contribution in [2.75, 3.05) is 13.7 Å². The molecule has 12 heavy (non-hydrogen) atoms. The molecule has 4 nitrogen and oxygen atoms in total. The van der Waals surface area contributed by atoms with Crippen LogP contribution in [0.25, 0.3) is 0 Å². The Kier molecular flexibility index (Phi) is 3.63. The lowest BCUT2D eigenvalue weighted by atomic mass is 10.3. The van der Waals surface area contributed by atoms with Crippen molar-refractivity contribution in [2.45, 2.75) is 13.0 Å². The summed E-state index contributed by atoms with van der Waals surface area (Å²) in [5, 5.41) is 0. The van der Waals surface area contributed by atoms with Gasteiger partial charge in [0, 0.05) is 19.7 Å². The van der Waals surface area contributed by atoms with Crippen molar-refractivity contribution in [1.29, 1.82) is 0 Å². The molecule has 0 saturated heterocycles. The third kappa shape index (κ3) is 2.56. The van der Waals surface area contributed by atoms with E-state index in [-0.39, 0.29) is 0 Å². The topological polar surface area (TPSA) is 61.0 Å². The van der Waals surface area contributed by atoms with Crippen LogP contribution in [0.1, 0.15) is 11.5 Å². The summed E-state index contributed by atoms with van der Waals surface area (Å²) in [5.74, 6) is 0.784. The van der Waals surface area contributed by atoms with Gasteiger partial charge in [0.25, 0.3) is 0 Å². The lowest BCUT2D eigenvalue weighted by molar-refractivity contribution is 0.181.